The Morgan fingerprint density at radius 2 is 2.04 bits per heavy atom. The van der Waals surface area contributed by atoms with Crippen molar-refractivity contribution in [1.29, 1.82) is 0 Å². The molecule has 0 saturated carbocycles. The molecule has 0 aliphatic carbocycles. The lowest BCUT2D eigenvalue weighted by molar-refractivity contribution is -0.0631. The first kappa shape index (κ1) is 17.7. The van der Waals surface area contributed by atoms with Crippen LogP contribution in [0, 0.1) is 5.82 Å². The molecule has 1 saturated heterocycles. The highest BCUT2D eigenvalue weighted by Gasteiger charge is 2.45. The molecule has 4 nitrogen and oxygen atoms in total. The van der Waals surface area contributed by atoms with Crippen LogP contribution in [0.1, 0.15) is 42.0 Å². The van der Waals surface area contributed by atoms with E-state index in [-0.39, 0.29) is 17.5 Å². The molecule has 3 heterocycles. The molecule has 5 heteroatoms. The number of amidine groups is 1. The van der Waals surface area contributed by atoms with Crippen LogP contribution in [0.3, 0.4) is 0 Å². The molecular weight excluding hydrogens is 353 g/mol. The fourth-order valence-electron chi connectivity index (χ4n) is 5.08. The third kappa shape index (κ3) is 3.08. The maximum atomic E-state index is 14.1. The first-order valence-electron chi connectivity index (χ1n) is 10.2. The SMILES string of the molecule is CN1CCC[C@@]2(CC(N3CCc4ccccc4[C@@H]3c3cccc(F)c3)=NO2)C1. The van der Waals surface area contributed by atoms with Crippen LogP contribution in [0.25, 0.3) is 0 Å². The summed E-state index contributed by atoms with van der Waals surface area (Å²) in [6.45, 7) is 2.89. The van der Waals surface area contributed by atoms with E-state index < -0.39 is 0 Å². The number of halogens is 1. The second-order valence-electron chi connectivity index (χ2n) is 8.40. The second-order valence-corrected chi connectivity index (χ2v) is 8.40. The van der Waals surface area contributed by atoms with E-state index >= 15 is 0 Å². The third-order valence-corrected chi connectivity index (χ3v) is 6.33. The maximum Gasteiger partial charge on any atom is 0.157 e. The molecule has 3 aliphatic heterocycles. The van der Waals surface area contributed by atoms with Crippen LogP contribution in [0.15, 0.2) is 53.7 Å². The van der Waals surface area contributed by atoms with Crippen LogP contribution in [0.2, 0.25) is 0 Å². The van der Waals surface area contributed by atoms with Gasteiger partial charge in [0.2, 0.25) is 0 Å². The summed E-state index contributed by atoms with van der Waals surface area (Å²) in [5.74, 6) is 0.801. The molecule has 2 atom stereocenters. The molecule has 2 aromatic rings. The average Bonchev–Trinajstić information content (AvgIpc) is 3.09. The number of likely N-dealkylation sites (tertiary alicyclic amines) is 1. The Kier molecular flexibility index (Phi) is 4.35. The van der Waals surface area contributed by atoms with Crippen molar-refractivity contribution in [2.45, 2.75) is 37.3 Å². The van der Waals surface area contributed by atoms with Crippen molar-refractivity contribution in [2.24, 2.45) is 5.16 Å². The minimum Gasteiger partial charge on any atom is -0.386 e. The van der Waals surface area contributed by atoms with Gasteiger partial charge in [0, 0.05) is 13.1 Å². The topological polar surface area (TPSA) is 28.1 Å². The van der Waals surface area contributed by atoms with Gasteiger partial charge in [0.15, 0.2) is 5.60 Å². The predicted molar refractivity (Wildman–Crippen MR) is 108 cm³/mol. The van der Waals surface area contributed by atoms with Crippen molar-refractivity contribution in [3.63, 3.8) is 0 Å². The maximum absolute atomic E-state index is 14.1. The number of nitrogens with zero attached hydrogens (tertiary/aromatic N) is 3. The van der Waals surface area contributed by atoms with Gasteiger partial charge in [-0.15, -0.1) is 0 Å². The lowest BCUT2D eigenvalue weighted by Gasteiger charge is -2.40. The normalized spacial score (nSPS) is 27.4. The highest BCUT2D eigenvalue weighted by molar-refractivity contribution is 5.85. The zero-order valence-electron chi connectivity index (χ0n) is 16.3. The van der Waals surface area contributed by atoms with Crippen molar-refractivity contribution in [3.8, 4) is 0 Å². The molecular formula is C23H26FN3O. The molecule has 0 amide bonds. The van der Waals surface area contributed by atoms with Gasteiger partial charge in [0.1, 0.15) is 11.7 Å². The first-order chi connectivity index (χ1) is 13.6. The number of piperidine rings is 1. The Morgan fingerprint density at radius 3 is 2.89 bits per heavy atom. The van der Waals surface area contributed by atoms with E-state index in [4.69, 9.17) is 4.84 Å². The van der Waals surface area contributed by atoms with Gasteiger partial charge in [0.05, 0.1) is 12.5 Å². The number of likely N-dealkylation sites (N-methyl/N-ethyl adjacent to an activating group) is 1. The van der Waals surface area contributed by atoms with Crippen molar-refractivity contribution < 1.29 is 9.23 Å². The molecule has 5 rings (SSSR count). The quantitative estimate of drug-likeness (QED) is 0.750. The van der Waals surface area contributed by atoms with Gasteiger partial charge in [-0.3, -0.25) is 0 Å². The number of oxime groups is 1. The summed E-state index contributed by atoms with van der Waals surface area (Å²) in [4.78, 5) is 10.7. The molecule has 0 radical (unpaired) electrons. The van der Waals surface area contributed by atoms with Crippen LogP contribution in [-0.4, -0.2) is 47.9 Å². The van der Waals surface area contributed by atoms with Crippen LogP contribution in [-0.2, 0) is 11.3 Å². The minimum absolute atomic E-state index is 0.0283. The average molecular weight is 379 g/mol. The van der Waals surface area contributed by atoms with Gasteiger partial charge >= 0.3 is 0 Å². The predicted octanol–water partition coefficient (Wildman–Crippen LogP) is 3.97. The van der Waals surface area contributed by atoms with Gasteiger partial charge in [-0.2, -0.15) is 0 Å². The van der Waals surface area contributed by atoms with E-state index in [2.05, 4.69) is 46.3 Å². The molecule has 1 spiro atoms. The smallest absolute Gasteiger partial charge is 0.157 e. The molecule has 28 heavy (non-hydrogen) atoms. The van der Waals surface area contributed by atoms with Crippen molar-refractivity contribution in [2.75, 3.05) is 26.7 Å². The monoisotopic (exact) mass is 379 g/mol. The Labute approximate surface area is 165 Å². The fraction of sp³-hybridized carbons (Fsp3) is 0.435. The van der Waals surface area contributed by atoms with Crippen LogP contribution >= 0.6 is 0 Å². The number of rotatable bonds is 1. The van der Waals surface area contributed by atoms with Gasteiger partial charge < -0.3 is 14.6 Å². The van der Waals surface area contributed by atoms with E-state index in [0.29, 0.717) is 0 Å². The molecule has 0 N–H and O–H groups in total. The van der Waals surface area contributed by atoms with Gasteiger partial charge in [-0.05, 0) is 61.7 Å². The number of benzene rings is 2. The minimum atomic E-state index is -0.203. The molecule has 1 fully saturated rings. The Bertz CT molecular complexity index is 914. The summed E-state index contributed by atoms with van der Waals surface area (Å²) in [7, 11) is 2.15. The van der Waals surface area contributed by atoms with Crippen LogP contribution < -0.4 is 0 Å². The van der Waals surface area contributed by atoms with Crippen LogP contribution in [0.4, 0.5) is 4.39 Å². The summed E-state index contributed by atoms with van der Waals surface area (Å²) in [6, 6.07) is 15.4. The molecule has 146 valence electrons. The second kappa shape index (κ2) is 6.89. The lowest BCUT2D eigenvalue weighted by atomic mass is 9.86. The molecule has 0 aromatic heterocycles. The van der Waals surface area contributed by atoms with Gasteiger partial charge in [-0.1, -0.05) is 41.6 Å². The summed E-state index contributed by atoms with van der Waals surface area (Å²) in [5.41, 5.74) is 3.34. The van der Waals surface area contributed by atoms with E-state index in [1.165, 1.54) is 17.2 Å². The van der Waals surface area contributed by atoms with Crippen LogP contribution in [0.5, 0.6) is 0 Å². The molecule has 2 aromatic carbocycles. The highest BCUT2D eigenvalue weighted by Crippen LogP contribution is 2.40. The van der Waals surface area contributed by atoms with Crippen molar-refractivity contribution in [1.82, 2.24) is 9.80 Å². The fourth-order valence-corrected chi connectivity index (χ4v) is 5.08. The molecule has 0 unspecified atom stereocenters. The highest BCUT2D eigenvalue weighted by atomic mass is 19.1. The summed E-state index contributed by atoms with van der Waals surface area (Å²) in [5, 5.41) is 4.56. The van der Waals surface area contributed by atoms with Crippen molar-refractivity contribution >= 4 is 5.84 Å². The van der Waals surface area contributed by atoms with E-state index in [1.807, 2.05) is 6.07 Å². The van der Waals surface area contributed by atoms with Gasteiger partial charge in [0.25, 0.3) is 0 Å². The Morgan fingerprint density at radius 1 is 1.14 bits per heavy atom. The zero-order chi connectivity index (χ0) is 19.1. The number of hydrogen-bond donors (Lipinski definition) is 0. The summed E-state index contributed by atoms with van der Waals surface area (Å²) < 4.78 is 14.1. The molecule has 0 bridgehead atoms. The zero-order valence-corrected chi connectivity index (χ0v) is 16.3. The lowest BCUT2D eigenvalue weighted by Crippen LogP contribution is -2.48. The number of hydrogen-bond acceptors (Lipinski definition) is 4. The van der Waals surface area contributed by atoms with E-state index in [9.17, 15) is 4.39 Å². The third-order valence-electron chi connectivity index (χ3n) is 6.33. The standard InChI is InChI=1S/C23H26FN3O/c1-26-12-5-11-23(16-26)15-21(25-28-23)27-13-10-17-6-2-3-9-20(17)22(27)18-7-4-8-19(24)14-18/h2-4,6-9,14,22H,5,10-13,15-16H2,1H3/t22-,23+/m0/s1. The first-order valence-corrected chi connectivity index (χ1v) is 10.2. The Hall–Kier alpha value is -2.40. The Balaban J connectivity index is 1.50. The number of fused-ring (bicyclic) bond motifs is 1. The summed E-state index contributed by atoms with van der Waals surface area (Å²) >= 11 is 0. The van der Waals surface area contributed by atoms with Gasteiger partial charge in [-0.25, -0.2) is 4.39 Å². The van der Waals surface area contributed by atoms with E-state index in [1.54, 1.807) is 12.1 Å². The van der Waals surface area contributed by atoms with Crippen molar-refractivity contribution in [3.05, 3.63) is 71.0 Å². The largest absolute Gasteiger partial charge is 0.386 e. The summed E-state index contributed by atoms with van der Waals surface area (Å²) in [6.07, 6.45) is 3.97. The molecule has 3 aliphatic rings. The van der Waals surface area contributed by atoms with E-state index in [0.717, 1.165) is 56.7 Å².